The van der Waals surface area contributed by atoms with Crippen LogP contribution in [0.3, 0.4) is 0 Å². The number of hydrogen-bond donors (Lipinski definition) is 0. The molecule has 3 aromatic rings. The van der Waals surface area contributed by atoms with Crippen LogP contribution in [0.25, 0.3) is 11.0 Å². The first-order valence-electron chi connectivity index (χ1n) is 12.2. The molecule has 1 aliphatic heterocycles. The van der Waals surface area contributed by atoms with Gasteiger partial charge < -0.3 is 24.0 Å². The van der Waals surface area contributed by atoms with Crippen LogP contribution in [0.2, 0.25) is 0 Å². The second-order valence-electron chi connectivity index (χ2n) is 9.21. The standard InChI is InChI=1S/C27H30N4O5/c1-34-24-10-9-19(13-25(24)35-2)26(32)31(15-18-7-8-18)17-20-16-30(11-12-36-20)27(33)23-14-28-21-5-3-4-6-22(21)29-23/h3-6,9-10,13-14,18,20H,7-8,11-12,15-17H2,1-2H3. The van der Waals surface area contributed by atoms with Gasteiger partial charge in [-0.25, -0.2) is 4.98 Å². The zero-order chi connectivity index (χ0) is 25.1. The molecule has 1 unspecified atom stereocenters. The average molecular weight is 491 g/mol. The summed E-state index contributed by atoms with van der Waals surface area (Å²) in [6.45, 7) is 2.32. The van der Waals surface area contributed by atoms with Gasteiger partial charge in [-0.15, -0.1) is 0 Å². The number of amides is 2. The fraction of sp³-hybridized carbons (Fsp3) is 0.407. The summed E-state index contributed by atoms with van der Waals surface area (Å²) in [5.41, 5.74) is 2.27. The normalized spacial score (nSPS) is 17.6. The third-order valence-corrected chi connectivity index (χ3v) is 6.61. The Kier molecular flexibility index (Phi) is 6.99. The molecule has 1 saturated heterocycles. The molecule has 0 bridgehead atoms. The second kappa shape index (κ2) is 10.5. The quantitative estimate of drug-likeness (QED) is 0.479. The molecule has 9 nitrogen and oxygen atoms in total. The van der Waals surface area contributed by atoms with E-state index in [-0.39, 0.29) is 17.9 Å². The van der Waals surface area contributed by atoms with Crippen LogP contribution >= 0.6 is 0 Å². The summed E-state index contributed by atoms with van der Waals surface area (Å²) in [6, 6.07) is 12.7. The number of benzene rings is 2. The molecule has 2 fully saturated rings. The van der Waals surface area contributed by atoms with Crippen molar-refractivity contribution in [3.8, 4) is 11.5 Å². The van der Waals surface area contributed by atoms with E-state index in [1.807, 2.05) is 29.2 Å². The Balaban J connectivity index is 1.29. The highest BCUT2D eigenvalue weighted by atomic mass is 16.5. The summed E-state index contributed by atoms with van der Waals surface area (Å²) in [5, 5.41) is 0. The fourth-order valence-electron chi connectivity index (χ4n) is 4.49. The first-order chi connectivity index (χ1) is 17.6. The van der Waals surface area contributed by atoms with E-state index in [9.17, 15) is 9.59 Å². The molecule has 0 spiro atoms. The largest absolute Gasteiger partial charge is 0.493 e. The average Bonchev–Trinajstić information content (AvgIpc) is 3.75. The number of carbonyl (C=O) groups excluding carboxylic acids is 2. The lowest BCUT2D eigenvalue weighted by atomic mass is 10.1. The predicted molar refractivity (Wildman–Crippen MR) is 133 cm³/mol. The molecule has 5 rings (SSSR count). The van der Waals surface area contributed by atoms with Crippen LogP contribution < -0.4 is 9.47 Å². The van der Waals surface area contributed by atoms with Crippen LogP contribution in [0.5, 0.6) is 11.5 Å². The first-order valence-corrected chi connectivity index (χ1v) is 12.2. The van der Waals surface area contributed by atoms with Crippen molar-refractivity contribution in [2.75, 3.05) is 47.0 Å². The van der Waals surface area contributed by atoms with E-state index in [0.29, 0.717) is 67.0 Å². The molecule has 9 heteroatoms. The topological polar surface area (TPSA) is 94.1 Å². The number of fused-ring (bicyclic) bond motifs is 1. The van der Waals surface area contributed by atoms with Crippen LogP contribution in [0.15, 0.2) is 48.7 Å². The minimum atomic E-state index is -0.293. The minimum absolute atomic E-state index is 0.0877. The molecule has 2 amide bonds. The number of para-hydroxylation sites is 2. The summed E-state index contributed by atoms with van der Waals surface area (Å²) in [7, 11) is 3.12. The Morgan fingerprint density at radius 2 is 1.83 bits per heavy atom. The van der Waals surface area contributed by atoms with Crippen molar-refractivity contribution >= 4 is 22.8 Å². The van der Waals surface area contributed by atoms with Crippen molar-refractivity contribution in [1.29, 1.82) is 0 Å². The number of carbonyl (C=O) groups is 2. The van der Waals surface area contributed by atoms with E-state index in [1.165, 1.54) is 6.20 Å². The number of rotatable bonds is 8. The smallest absolute Gasteiger partial charge is 0.274 e. The van der Waals surface area contributed by atoms with Crippen LogP contribution in [0.1, 0.15) is 33.7 Å². The van der Waals surface area contributed by atoms with Gasteiger partial charge in [0, 0.05) is 31.7 Å². The molecule has 1 aliphatic carbocycles. The first kappa shape index (κ1) is 24.0. The lowest BCUT2D eigenvalue weighted by Gasteiger charge is -2.35. The van der Waals surface area contributed by atoms with E-state index in [1.54, 1.807) is 37.3 Å². The van der Waals surface area contributed by atoms with Gasteiger partial charge in [-0.05, 0) is 49.1 Å². The Bertz CT molecular complexity index is 1260. The minimum Gasteiger partial charge on any atom is -0.493 e. The third kappa shape index (κ3) is 5.26. The van der Waals surface area contributed by atoms with Gasteiger partial charge in [0.15, 0.2) is 11.5 Å². The molecule has 0 N–H and O–H groups in total. The van der Waals surface area contributed by atoms with Gasteiger partial charge in [-0.2, -0.15) is 0 Å². The van der Waals surface area contributed by atoms with Crippen molar-refractivity contribution in [2.45, 2.75) is 18.9 Å². The fourth-order valence-corrected chi connectivity index (χ4v) is 4.49. The van der Waals surface area contributed by atoms with Gasteiger partial charge >= 0.3 is 0 Å². The number of morpholine rings is 1. The molecule has 188 valence electrons. The highest BCUT2D eigenvalue weighted by molar-refractivity contribution is 5.95. The Labute approximate surface area is 210 Å². The van der Waals surface area contributed by atoms with Gasteiger partial charge in [0.2, 0.25) is 0 Å². The molecular weight excluding hydrogens is 460 g/mol. The van der Waals surface area contributed by atoms with E-state index in [4.69, 9.17) is 14.2 Å². The number of aromatic nitrogens is 2. The Morgan fingerprint density at radius 1 is 1.06 bits per heavy atom. The number of hydrogen-bond acceptors (Lipinski definition) is 7. The van der Waals surface area contributed by atoms with Crippen molar-refractivity contribution in [1.82, 2.24) is 19.8 Å². The van der Waals surface area contributed by atoms with E-state index in [0.717, 1.165) is 18.4 Å². The zero-order valence-corrected chi connectivity index (χ0v) is 20.6. The molecular formula is C27H30N4O5. The summed E-state index contributed by atoms with van der Waals surface area (Å²) in [6.07, 6.45) is 3.47. The van der Waals surface area contributed by atoms with Crippen molar-refractivity contribution in [3.63, 3.8) is 0 Å². The number of ether oxygens (including phenoxy) is 3. The molecule has 1 atom stereocenters. The van der Waals surface area contributed by atoms with Crippen LogP contribution in [0.4, 0.5) is 0 Å². The summed E-state index contributed by atoms with van der Waals surface area (Å²) in [4.78, 5) is 39.2. The molecule has 2 aromatic carbocycles. The predicted octanol–water partition coefficient (Wildman–Crippen LogP) is 3.04. The summed E-state index contributed by atoms with van der Waals surface area (Å²) < 4.78 is 16.7. The van der Waals surface area contributed by atoms with Crippen molar-refractivity contribution < 1.29 is 23.8 Å². The molecule has 1 aromatic heterocycles. The van der Waals surface area contributed by atoms with Crippen LogP contribution in [-0.2, 0) is 4.74 Å². The lowest BCUT2D eigenvalue weighted by Crippen LogP contribution is -2.51. The molecule has 2 aliphatic rings. The summed E-state index contributed by atoms with van der Waals surface area (Å²) >= 11 is 0. The monoisotopic (exact) mass is 490 g/mol. The molecule has 1 saturated carbocycles. The maximum atomic E-state index is 13.5. The Hall–Kier alpha value is -3.72. The number of nitrogens with zero attached hydrogens (tertiary/aromatic N) is 4. The maximum absolute atomic E-state index is 13.5. The lowest BCUT2D eigenvalue weighted by molar-refractivity contribution is -0.0336. The van der Waals surface area contributed by atoms with Gasteiger partial charge in [0.25, 0.3) is 11.8 Å². The van der Waals surface area contributed by atoms with E-state index >= 15 is 0 Å². The van der Waals surface area contributed by atoms with Gasteiger partial charge in [0.05, 0.1) is 44.2 Å². The number of methoxy groups -OCH3 is 2. The maximum Gasteiger partial charge on any atom is 0.274 e. The van der Waals surface area contributed by atoms with Gasteiger partial charge in [0.1, 0.15) is 5.69 Å². The van der Waals surface area contributed by atoms with E-state index < -0.39 is 0 Å². The molecule has 36 heavy (non-hydrogen) atoms. The Morgan fingerprint density at radius 3 is 2.58 bits per heavy atom. The van der Waals surface area contributed by atoms with Crippen molar-refractivity contribution in [3.05, 3.63) is 59.9 Å². The second-order valence-corrected chi connectivity index (χ2v) is 9.21. The van der Waals surface area contributed by atoms with Gasteiger partial charge in [-0.3, -0.25) is 14.6 Å². The van der Waals surface area contributed by atoms with Crippen molar-refractivity contribution in [2.24, 2.45) is 5.92 Å². The third-order valence-electron chi connectivity index (χ3n) is 6.61. The van der Waals surface area contributed by atoms with E-state index in [2.05, 4.69) is 9.97 Å². The SMILES string of the molecule is COc1ccc(C(=O)N(CC2CC2)CC2CN(C(=O)c3cnc4ccccc4n3)CCO2)cc1OC. The molecule has 2 heterocycles. The summed E-state index contributed by atoms with van der Waals surface area (Å²) in [5.74, 6) is 1.32. The molecule has 0 radical (unpaired) electrons. The highest BCUT2D eigenvalue weighted by Crippen LogP contribution is 2.32. The van der Waals surface area contributed by atoms with Crippen LogP contribution in [-0.4, -0.2) is 84.7 Å². The zero-order valence-electron chi connectivity index (χ0n) is 20.6. The highest BCUT2D eigenvalue weighted by Gasteiger charge is 2.32. The van der Waals surface area contributed by atoms with Gasteiger partial charge in [-0.1, -0.05) is 12.1 Å². The van der Waals surface area contributed by atoms with Crippen LogP contribution in [0, 0.1) is 5.92 Å².